The van der Waals surface area contributed by atoms with Crippen LogP contribution in [0.3, 0.4) is 0 Å². The second-order valence-corrected chi connectivity index (χ2v) is 7.76. The number of carbonyl (C=O) groups is 1. The third kappa shape index (κ3) is 3.99. The largest absolute Gasteiger partial charge is 0.497 e. The van der Waals surface area contributed by atoms with Crippen LogP contribution < -0.4 is 14.8 Å². The number of aryl methyl sites for hydroxylation is 1. The number of likely N-dealkylation sites (tertiary alicyclic amines) is 1. The van der Waals surface area contributed by atoms with Gasteiger partial charge in [-0.05, 0) is 52.0 Å². The molecule has 7 heteroatoms. The Labute approximate surface area is 158 Å². The van der Waals surface area contributed by atoms with E-state index in [4.69, 9.17) is 9.47 Å². The molecule has 1 saturated heterocycles. The van der Waals surface area contributed by atoms with E-state index in [9.17, 15) is 4.79 Å². The molecular formula is C19H25N3O3S. The van der Waals surface area contributed by atoms with Crippen LogP contribution in [-0.2, 0) is 4.79 Å². The SMILES string of the molecule is COc1ccc(-c2nc(NC(=O)C3CCN(C)CC3)sc2C)c(OC)c1. The van der Waals surface area contributed by atoms with Gasteiger partial charge in [0.05, 0.1) is 19.9 Å². The molecule has 0 bridgehead atoms. The molecular weight excluding hydrogens is 350 g/mol. The van der Waals surface area contributed by atoms with Crippen LogP contribution in [-0.4, -0.2) is 50.1 Å². The number of nitrogens with one attached hydrogen (secondary N) is 1. The lowest BCUT2D eigenvalue weighted by atomic mass is 9.96. The smallest absolute Gasteiger partial charge is 0.229 e. The van der Waals surface area contributed by atoms with Crippen molar-refractivity contribution in [3.05, 3.63) is 23.1 Å². The van der Waals surface area contributed by atoms with Gasteiger partial charge in [-0.25, -0.2) is 4.98 Å². The Morgan fingerprint density at radius 2 is 2.00 bits per heavy atom. The second kappa shape index (κ2) is 8.05. The van der Waals surface area contributed by atoms with Gasteiger partial charge in [0.1, 0.15) is 11.5 Å². The van der Waals surface area contributed by atoms with Gasteiger partial charge in [0.25, 0.3) is 0 Å². The monoisotopic (exact) mass is 375 g/mol. The molecule has 0 aliphatic carbocycles. The van der Waals surface area contributed by atoms with E-state index in [1.54, 1.807) is 14.2 Å². The minimum Gasteiger partial charge on any atom is -0.497 e. The molecule has 2 aromatic rings. The van der Waals surface area contributed by atoms with Crippen molar-refractivity contribution in [2.24, 2.45) is 5.92 Å². The summed E-state index contributed by atoms with van der Waals surface area (Å²) in [7, 11) is 5.34. The number of anilines is 1. The standard InChI is InChI=1S/C19H25N3O3S/c1-12-17(15-6-5-14(24-3)11-16(15)25-4)20-19(26-12)21-18(23)13-7-9-22(2)10-8-13/h5-6,11,13H,7-10H2,1-4H3,(H,20,21,23). The van der Waals surface area contributed by atoms with Crippen molar-refractivity contribution in [2.45, 2.75) is 19.8 Å². The lowest BCUT2D eigenvalue weighted by Crippen LogP contribution is -2.35. The summed E-state index contributed by atoms with van der Waals surface area (Å²) in [6, 6.07) is 5.65. The van der Waals surface area contributed by atoms with Crippen molar-refractivity contribution < 1.29 is 14.3 Å². The first kappa shape index (κ1) is 18.7. The Morgan fingerprint density at radius 1 is 1.27 bits per heavy atom. The number of aromatic nitrogens is 1. The first-order chi connectivity index (χ1) is 12.5. The number of benzene rings is 1. The Kier molecular flexibility index (Phi) is 5.78. The van der Waals surface area contributed by atoms with Gasteiger partial charge in [0, 0.05) is 22.4 Å². The summed E-state index contributed by atoms with van der Waals surface area (Å²) in [5.74, 6) is 1.56. The fraction of sp³-hybridized carbons (Fsp3) is 0.474. The molecule has 0 saturated carbocycles. The van der Waals surface area contributed by atoms with Crippen LogP contribution in [0.25, 0.3) is 11.3 Å². The highest BCUT2D eigenvalue weighted by molar-refractivity contribution is 7.16. The predicted octanol–water partition coefficient (Wildman–Crippen LogP) is 3.42. The molecule has 0 unspecified atom stereocenters. The molecule has 0 radical (unpaired) electrons. The van der Waals surface area contributed by atoms with Crippen molar-refractivity contribution in [3.8, 4) is 22.8 Å². The number of methoxy groups -OCH3 is 2. The van der Waals surface area contributed by atoms with Crippen LogP contribution in [0, 0.1) is 12.8 Å². The van der Waals surface area contributed by atoms with Crippen molar-refractivity contribution in [2.75, 3.05) is 39.7 Å². The highest BCUT2D eigenvalue weighted by Gasteiger charge is 2.24. The molecule has 1 N–H and O–H groups in total. The van der Waals surface area contributed by atoms with Gasteiger partial charge in [0.15, 0.2) is 5.13 Å². The van der Waals surface area contributed by atoms with Crippen LogP contribution >= 0.6 is 11.3 Å². The highest BCUT2D eigenvalue weighted by Crippen LogP contribution is 2.38. The quantitative estimate of drug-likeness (QED) is 0.868. The first-order valence-electron chi connectivity index (χ1n) is 8.71. The first-order valence-corrected chi connectivity index (χ1v) is 9.52. The minimum atomic E-state index is 0.0642. The summed E-state index contributed by atoms with van der Waals surface area (Å²) < 4.78 is 10.7. The Bertz CT molecular complexity index is 782. The molecule has 0 atom stereocenters. The number of thiazole rings is 1. The summed E-state index contributed by atoms with van der Waals surface area (Å²) in [6.45, 7) is 3.93. The van der Waals surface area contributed by atoms with Crippen LogP contribution in [0.2, 0.25) is 0 Å². The van der Waals surface area contributed by atoms with Crippen molar-refractivity contribution in [1.82, 2.24) is 9.88 Å². The summed E-state index contributed by atoms with van der Waals surface area (Å²) in [6.07, 6.45) is 1.79. The number of amides is 1. The molecule has 1 fully saturated rings. The summed E-state index contributed by atoms with van der Waals surface area (Å²) >= 11 is 1.49. The summed E-state index contributed by atoms with van der Waals surface area (Å²) in [5, 5.41) is 3.64. The van der Waals surface area contributed by atoms with Crippen LogP contribution in [0.5, 0.6) is 11.5 Å². The highest BCUT2D eigenvalue weighted by atomic mass is 32.1. The zero-order valence-corrected chi connectivity index (χ0v) is 16.5. The normalized spacial score (nSPS) is 15.7. The molecule has 6 nitrogen and oxygen atoms in total. The number of rotatable bonds is 5. The third-order valence-electron chi connectivity index (χ3n) is 4.78. The zero-order valence-electron chi connectivity index (χ0n) is 15.7. The summed E-state index contributed by atoms with van der Waals surface area (Å²) in [5.41, 5.74) is 1.72. The Hall–Kier alpha value is -2.12. The van der Waals surface area contributed by atoms with E-state index in [0.29, 0.717) is 10.9 Å². The van der Waals surface area contributed by atoms with Gasteiger partial charge in [-0.1, -0.05) is 0 Å². The molecule has 26 heavy (non-hydrogen) atoms. The maximum atomic E-state index is 12.5. The van der Waals surface area contributed by atoms with Gasteiger partial charge in [-0.2, -0.15) is 0 Å². The number of carbonyl (C=O) groups excluding carboxylic acids is 1. The topological polar surface area (TPSA) is 63.7 Å². The van der Waals surface area contributed by atoms with Gasteiger partial charge < -0.3 is 19.7 Å². The Morgan fingerprint density at radius 3 is 2.65 bits per heavy atom. The molecule has 1 aromatic heterocycles. The average molecular weight is 375 g/mol. The van der Waals surface area contributed by atoms with E-state index in [-0.39, 0.29) is 11.8 Å². The fourth-order valence-corrected chi connectivity index (χ4v) is 4.00. The van der Waals surface area contributed by atoms with Crippen molar-refractivity contribution in [1.29, 1.82) is 0 Å². The number of piperidine rings is 1. The van der Waals surface area contributed by atoms with E-state index >= 15 is 0 Å². The maximum Gasteiger partial charge on any atom is 0.229 e. The third-order valence-corrected chi connectivity index (χ3v) is 5.67. The number of ether oxygens (including phenoxy) is 2. The average Bonchev–Trinajstić information content (AvgIpc) is 3.01. The molecule has 1 aliphatic rings. The molecule has 0 spiro atoms. The second-order valence-electron chi connectivity index (χ2n) is 6.56. The fourth-order valence-electron chi connectivity index (χ4n) is 3.17. The predicted molar refractivity (Wildman–Crippen MR) is 104 cm³/mol. The van der Waals surface area contributed by atoms with E-state index in [1.165, 1.54) is 11.3 Å². The molecule has 1 amide bonds. The lowest BCUT2D eigenvalue weighted by Gasteiger charge is -2.27. The van der Waals surface area contributed by atoms with E-state index in [2.05, 4.69) is 22.2 Å². The summed E-state index contributed by atoms with van der Waals surface area (Å²) in [4.78, 5) is 20.5. The molecule has 140 valence electrons. The molecule has 3 rings (SSSR count). The molecule has 1 aromatic carbocycles. The minimum absolute atomic E-state index is 0.0642. The van der Waals surface area contributed by atoms with Crippen LogP contribution in [0.15, 0.2) is 18.2 Å². The molecule has 2 heterocycles. The van der Waals surface area contributed by atoms with Crippen LogP contribution in [0.4, 0.5) is 5.13 Å². The van der Waals surface area contributed by atoms with Crippen LogP contribution in [0.1, 0.15) is 17.7 Å². The van der Waals surface area contributed by atoms with E-state index in [0.717, 1.165) is 47.8 Å². The van der Waals surface area contributed by atoms with Gasteiger partial charge in [-0.15, -0.1) is 11.3 Å². The van der Waals surface area contributed by atoms with E-state index < -0.39 is 0 Å². The van der Waals surface area contributed by atoms with Gasteiger partial charge >= 0.3 is 0 Å². The van der Waals surface area contributed by atoms with Gasteiger partial charge in [0.2, 0.25) is 5.91 Å². The van der Waals surface area contributed by atoms with Crippen molar-refractivity contribution in [3.63, 3.8) is 0 Å². The zero-order chi connectivity index (χ0) is 18.7. The van der Waals surface area contributed by atoms with E-state index in [1.807, 2.05) is 25.1 Å². The lowest BCUT2D eigenvalue weighted by molar-refractivity contribution is -0.121. The van der Waals surface area contributed by atoms with Crippen molar-refractivity contribution >= 4 is 22.4 Å². The Balaban J connectivity index is 1.78. The molecule has 1 aliphatic heterocycles. The van der Waals surface area contributed by atoms with Gasteiger partial charge in [-0.3, -0.25) is 4.79 Å². The number of nitrogens with zero attached hydrogens (tertiary/aromatic N) is 2. The number of hydrogen-bond acceptors (Lipinski definition) is 6. The maximum absolute atomic E-state index is 12.5. The number of hydrogen-bond donors (Lipinski definition) is 1.